The molecule has 0 aromatic carbocycles. The Morgan fingerprint density at radius 2 is 2.55 bits per heavy atom. The highest BCUT2D eigenvalue weighted by Gasteiger charge is 1.96. The highest BCUT2D eigenvalue weighted by Crippen LogP contribution is 1.97. The number of methoxy groups -OCH3 is 1. The van der Waals surface area contributed by atoms with Crippen molar-refractivity contribution in [1.82, 2.24) is 4.98 Å². The molecular formula is C8H10N2O. The molecule has 0 amide bonds. The van der Waals surface area contributed by atoms with Crippen LogP contribution in [0.25, 0.3) is 0 Å². The highest BCUT2D eigenvalue weighted by molar-refractivity contribution is 5.75. The van der Waals surface area contributed by atoms with Crippen molar-refractivity contribution in [1.29, 1.82) is 5.41 Å². The van der Waals surface area contributed by atoms with E-state index in [1.54, 1.807) is 12.4 Å². The van der Waals surface area contributed by atoms with Crippen LogP contribution in [0.1, 0.15) is 5.56 Å². The number of hydrogen-bond donors (Lipinski definition) is 1. The van der Waals surface area contributed by atoms with Gasteiger partial charge in [0.2, 0.25) is 0 Å². The van der Waals surface area contributed by atoms with Crippen LogP contribution in [0.3, 0.4) is 0 Å². The van der Waals surface area contributed by atoms with Gasteiger partial charge in [0, 0.05) is 18.8 Å². The molecule has 3 nitrogen and oxygen atoms in total. The van der Waals surface area contributed by atoms with E-state index in [0.29, 0.717) is 6.42 Å². The minimum atomic E-state index is 0.262. The first kappa shape index (κ1) is 7.72. The Kier molecular flexibility index (Phi) is 2.60. The Morgan fingerprint density at radius 3 is 3.09 bits per heavy atom. The summed E-state index contributed by atoms with van der Waals surface area (Å²) >= 11 is 0. The van der Waals surface area contributed by atoms with E-state index in [-0.39, 0.29) is 5.90 Å². The standard InChI is InChI=1S/C8H10N2O/c1-11-8(9)5-7-3-2-4-10-6-7/h2-4,6,9H,5H2,1H3. The van der Waals surface area contributed by atoms with Crippen LogP contribution in [-0.2, 0) is 11.2 Å². The van der Waals surface area contributed by atoms with Crippen LogP contribution in [0.4, 0.5) is 0 Å². The van der Waals surface area contributed by atoms with Crippen molar-refractivity contribution in [3.63, 3.8) is 0 Å². The summed E-state index contributed by atoms with van der Waals surface area (Å²) in [5.74, 6) is 0.262. The normalized spacial score (nSPS) is 9.18. The van der Waals surface area contributed by atoms with Gasteiger partial charge < -0.3 is 4.74 Å². The maximum Gasteiger partial charge on any atom is 0.184 e. The van der Waals surface area contributed by atoms with Crippen molar-refractivity contribution >= 4 is 5.90 Å². The van der Waals surface area contributed by atoms with Gasteiger partial charge >= 0.3 is 0 Å². The molecule has 0 radical (unpaired) electrons. The van der Waals surface area contributed by atoms with E-state index in [1.807, 2.05) is 12.1 Å². The average molecular weight is 150 g/mol. The third-order valence-corrected chi connectivity index (χ3v) is 1.33. The molecule has 58 valence electrons. The first-order chi connectivity index (χ1) is 5.33. The number of rotatable bonds is 2. The van der Waals surface area contributed by atoms with Gasteiger partial charge in [0.1, 0.15) is 0 Å². The zero-order valence-electron chi connectivity index (χ0n) is 6.37. The molecule has 1 rings (SSSR count). The first-order valence-electron chi connectivity index (χ1n) is 3.33. The number of ether oxygens (including phenoxy) is 1. The van der Waals surface area contributed by atoms with E-state index in [4.69, 9.17) is 10.1 Å². The Morgan fingerprint density at radius 1 is 1.73 bits per heavy atom. The predicted octanol–water partition coefficient (Wildman–Crippen LogP) is 1.25. The van der Waals surface area contributed by atoms with Crippen molar-refractivity contribution in [2.75, 3.05) is 7.11 Å². The van der Waals surface area contributed by atoms with Gasteiger partial charge in [-0.2, -0.15) is 0 Å². The summed E-state index contributed by atoms with van der Waals surface area (Å²) in [6.07, 6.45) is 3.96. The van der Waals surface area contributed by atoms with E-state index in [2.05, 4.69) is 4.98 Å². The number of hydrogen-bond acceptors (Lipinski definition) is 3. The molecule has 0 saturated heterocycles. The zero-order valence-corrected chi connectivity index (χ0v) is 6.37. The van der Waals surface area contributed by atoms with Crippen molar-refractivity contribution < 1.29 is 4.74 Å². The van der Waals surface area contributed by atoms with Gasteiger partial charge in [0.15, 0.2) is 5.90 Å². The van der Waals surface area contributed by atoms with Gasteiger partial charge in [-0.1, -0.05) is 6.07 Å². The minimum absolute atomic E-state index is 0.262. The minimum Gasteiger partial charge on any atom is -0.484 e. The molecule has 0 bridgehead atoms. The van der Waals surface area contributed by atoms with Gasteiger partial charge in [-0.25, -0.2) is 0 Å². The van der Waals surface area contributed by atoms with Crippen molar-refractivity contribution in [2.24, 2.45) is 0 Å². The van der Waals surface area contributed by atoms with Crippen molar-refractivity contribution in [3.05, 3.63) is 30.1 Å². The maximum absolute atomic E-state index is 7.22. The van der Waals surface area contributed by atoms with E-state index < -0.39 is 0 Å². The summed E-state index contributed by atoms with van der Waals surface area (Å²) in [6.45, 7) is 0. The Bertz CT molecular complexity index is 233. The van der Waals surface area contributed by atoms with Gasteiger partial charge in [0.25, 0.3) is 0 Å². The Balaban J connectivity index is 2.58. The van der Waals surface area contributed by atoms with E-state index in [9.17, 15) is 0 Å². The topological polar surface area (TPSA) is 46.0 Å². The van der Waals surface area contributed by atoms with E-state index in [1.165, 1.54) is 7.11 Å². The zero-order chi connectivity index (χ0) is 8.10. The maximum atomic E-state index is 7.22. The molecule has 0 fully saturated rings. The lowest BCUT2D eigenvalue weighted by Gasteiger charge is -2.00. The summed E-state index contributed by atoms with van der Waals surface area (Å²) in [6, 6.07) is 3.76. The van der Waals surface area contributed by atoms with Crippen LogP contribution >= 0.6 is 0 Å². The number of nitrogens with zero attached hydrogens (tertiary/aromatic N) is 1. The monoisotopic (exact) mass is 150 g/mol. The molecular weight excluding hydrogens is 140 g/mol. The van der Waals surface area contributed by atoms with Crippen LogP contribution in [-0.4, -0.2) is 18.0 Å². The lowest BCUT2D eigenvalue weighted by Crippen LogP contribution is -2.03. The molecule has 3 heteroatoms. The summed E-state index contributed by atoms with van der Waals surface area (Å²) in [7, 11) is 1.50. The van der Waals surface area contributed by atoms with Crippen LogP contribution in [0.2, 0.25) is 0 Å². The molecule has 1 aromatic heterocycles. The molecule has 1 heterocycles. The van der Waals surface area contributed by atoms with E-state index >= 15 is 0 Å². The fourth-order valence-electron chi connectivity index (χ4n) is 0.760. The predicted molar refractivity (Wildman–Crippen MR) is 42.7 cm³/mol. The molecule has 0 atom stereocenters. The highest BCUT2D eigenvalue weighted by atomic mass is 16.5. The average Bonchev–Trinajstić information content (AvgIpc) is 2.06. The number of aromatic nitrogens is 1. The molecule has 0 aliphatic rings. The SMILES string of the molecule is COC(=N)Cc1cccnc1. The fourth-order valence-corrected chi connectivity index (χ4v) is 0.760. The Hall–Kier alpha value is -1.38. The second-order valence-electron chi connectivity index (χ2n) is 2.17. The summed E-state index contributed by atoms with van der Waals surface area (Å²) in [5, 5.41) is 7.22. The summed E-state index contributed by atoms with van der Waals surface area (Å²) in [4.78, 5) is 3.92. The molecule has 0 aliphatic heterocycles. The molecule has 1 aromatic rings. The van der Waals surface area contributed by atoms with Gasteiger partial charge in [-0.15, -0.1) is 0 Å². The molecule has 1 N–H and O–H groups in total. The fraction of sp³-hybridized carbons (Fsp3) is 0.250. The van der Waals surface area contributed by atoms with Gasteiger partial charge in [0.05, 0.1) is 7.11 Å². The second-order valence-corrected chi connectivity index (χ2v) is 2.17. The van der Waals surface area contributed by atoms with Gasteiger partial charge in [-0.05, 0) is 11.6 Å². The van der Waals surface area contributed by atoms with Crippen molar-refractivity contribution in [2.45, 2.75) is 6.42 Å². The smallest absolute Gasteiger partial charge is 0.184 e. The third kappa shape index (κ3) is 2.37. The lowest BCUT2D eigenvalue weighted by atomic mass is 10.2. The quantitative estimate of drug-likeness (QED) is 0.509. The van der Waals surface area contributed by atoms with Crippen LogP contribution in [0.5, 0.6) is 0 Å². The molecule has 0 saturated carbocycles. The molecule has 0 spiro atoms. The summed E-state index contributed by atoms with van der Waals surface area (Å²) in [5.41, 5.74) is 0.999. The third-order valence-electron chi connectivity index (χ3n) is 1.33. The van der Waals surface area contributed by atoms with E-state index in [0.717, 1.165) is 5.56 Å². The molecule has 11 heavy (non-hydrogen) atoms. The van der Waals surface area contributed by atoms with Crippen LogP contribution in [0, 0.1) is 5.41 Å². The lowest BCUT2D eigenvalue weighted by molar-refractivity contribution is 0.390. The molecule has 0 aliphatic carbocycles. The van der Waals surface area contributed by atoms with Gasteiger partial charge in [-0.3, -0.25) is 10.4 Å². The molecule has 0 unspecified atom stereocenters. The largest absolute Gasteiger partial charge is 0.484 e. The first-order valence-corrected chi connectivity index (χ1v) is 3.33. The second kappa shape index (κ2) is 3.71. The van der Waals surface area contributed by atoms with Crippen LogP contribution in [0.15, 0.2) is 24.5 Å². The van der Waals surface area contributed by atoms with Crippen LogP contribution < -0.4 is 0 Å². The number of nitrogens with one attached hydrogen (secondary N) is 1. The van der Waals surface area contributed by atoms with Crippen molar-refractivity contribution in [3.8, 4) is 0 Å². The number of pyridine rings is 1. The summed E-state index contributed by atoms with van der Waals surface area (Å²) < 4.78 is 4.71. The Labute approximate surface area is 65.5 Å².